The number of para-hydroxylation sites is 3. The van der Waals surface area contributed by atoms with Gasteiger partial charge in [-0.25, -0.2) is 0 Å². The number of quaternary nitrogens is 1. The third-order valence-corrected chi connectivity index (χ3v) is 9.26. The number of fused-ring (bicyclic) bond motifs is 5. The molecule has 5 nitrogen and oxygen atoms in total. The van der Waals surface area contributed by atoms with E-state index in [-0.39, 0.29) is 11.9 Å². The van der Waals surface area contributed by atoms with Crippen LogP contribution < -0.4 is 14.8 Å². The van der Waals surface area contributed by atoms with Crippen molar-refractivity contribution in [2.24, 2.45) is 5.92 Å². The highest BCUT2D eigenvalue weighted by Gasteiger charge is 2.46. The van der Waals surface area contributed by atoms with Gasteiger partial charge in [-0.3, -0.25) is 4.79 Å². The average Bonchev–Trinajstić information content (AvgIpc) is 2.95. The van der Waals surface area contributed by atoms with Gasteiger partial charge in [0.05, 0.1) is 44.4 Å². The molecule has 4 aliphatic rings. The van der Waals surface area contributed by atoms with Crippen molar-refractivity contribution >= 4 is 5.91 Å². The van der Waals surface area contributed by atoms with E-state index in [1.54, 1.807) is 0 Å². The topological polar surface area (TPSA) is 47.6 Å². The first-order valence-electron chi connectivity index (χ1n) is 14.7. The highest BCUT2D eigenvalue weighted by atomic mass is 16.5. The summed E-state index contributed by atoms with van der Waals surface area (Å²) in [5.74, 6) is 3.22. The Morgan fingerprint density at radius 2 is 1.67 bits per heavy atom. The summed E-state index contributed by atoms with van der Waals surface area (Å²) in [6.07, 6.45) is 6.68. The molecule has 0 spiro atoms. The molecule has 1 N–H and O–H groups in total. The van der Waals surface area contributed by atoms with E-state index >= 15 is 0 Å². The average molecular weight is 526 g/mol. The molecule has 4 aliphatic heterocycles. The molecule has 1 amide bonds. The summed E-state index contributed by atoms with van der Waals surface area (Å²) in [7, 11) is 0. The lowest BCUT2D eigenvalue weighted by atomic mass is 9.81. The predicted octanol–water partition coefficient (Wildman–Crippen LogP) is 6.59. The fraction of sp³-hybridized carbons (Fsp3) is 0.441. The summed E-state index contributed by atoms with van der Waals surface area (Å²) >= 11 is 0. The van der Waals surface area contributed by atoms with Crippen LogP contribution in [0.1, 0.15) is 64.7 Å². The summed E-state index contributed by atoms with van der Waals surface area (Å²) in [6, 6.07) is 20.6. The Hall–Kier alpha value is -3.31. The largest absolute Gasteiger partial charge is 0.493 e. The van der Waals surface area contributed by atoms with Crippen molar-refractivity contribution in [2.75, 3.05) is 32.8 Å². The molecule has 7 rings (SSSR count). The molecule has 5 heteroatoms. The van der Waals surface area contributed by atoms with Gasteiger partial charge in [-0.1, -0.05) is 48.5 Å². The minimum atomic E-state index is 0.00628. The van der Waals surface area contributed by atoms with Crippen LogP contribution >= 0.6 is 0 Å². The van der Waals surface area contributed by atoms with Crippen molar-refractivity contribution in [3.63, 3.8) is 0 Å². The molecule has 39 heavy (non-hydrogen) atoms. The first-order chi connectivity index (χ1) is 19.0. The van der Waals surface area contributed by atoms with Crippen LogP contribution in [0.5, 0.6) is 17.2 Å². The fourth-order valence-corrected chi connectivity index (χ4v) is 7.03. The number of amides is 1. The van der Waals surface area contributed by atoms with Crippen LogP contribution in [-0.4, -0.2) is 49.2 Å². The van der Waals surface area contributed by atoms with Crippen LogP contribution in [0.2, 0.25) is 0 Å². The van der Waals surface area contributed by atoms with Crippen LogP contribution in [0.3, 0.4) is 0 Å². The maximum Gasteiger partial charge on any atom is 0.255 e. The van der Waals surface area contributed by atoms with Crippen molar-refractivity contribution in [1.29, 1.82) is 0 Å². The number of carbonyl (C=O) groups is 1. The SMILES string of the molecule is Cc1cccc(C)c1OCCCCC[N+]12CCC(CC1)[C@H](NC(=O)c1cccc3c1Oc1ccccc1C3)C2. The zero-order chi connectivity index (χ0) is 26.8. The monoisotopic (exact) mass is 525 g/mol. The van der Waals surface area contributed by atoms with Crippen molar-refractivity contribution in [1.82, 2.24) is 5.32 Å². The Kier molecular flexibility index (Phi) is 7.35. The van der Waals surface area contributed by atoms with E-state index in [0.29, 0.717) is 11.5 Å². The number of hydrogen-bond acceptors (Lipinski definition) is 3. The summed E-state index contributed by atoms with van der Waals surface area (Å²) in [6.45, 7) is 9.75. The Morgan fingerprint density at radius 1 is 0.923 bits per heavy atom. The number of benzene rings is 3. The lowest BCUT2D eigenvalue weighted by Gasteiger charge is -2.53. The third kappa shape index (κ3) is 5.42. The van der Waals surface area contributed by atoms with Gasteiger partial charge in [-0.15, -0.1) is 0 Å². The number of ether oxygens (including phenoxy) is 2. The van der Waals surface area contributed by atoms with Gasteiger partial charge >= 0.3 is 0 Å². The lowest BCUT2D eigenvalue weighted by Crippen LogP contribution is -2.67. The van der Waals surface area contributed by atoms with Gasteiger partial charge in [-0.05, 0) is 67.9 Å². The quantitative estimate of drug-likeness (QED) is 0.198. The second kappa shape index (κ2) is 11.1. The first kappa shape index (κ1) is 25.9. The van der Waals surface area contributed by atoms with Crippen molar-refractivity contribution in [3.05, 3.63) is 88.5 Å². The number of nitrogens with zero attached hydrogens (tertiary/aromatic N) is 1. The second-order valence-electron chi connectivity index (χ2n) is 11.9. The molecule has 0 saturated carbocycles. The Bertz CT molecular complexity index is 1320. The predicted molar refractivity (Wildman–Crippen MR) is 155 cm³/mol. The van der Waals surface area contributed by atoms with Gasteiger partial charge in [0.25, 0.3) is 5.91 Å². The summed E-state index contributed by atoms with van der Waals surface area (Å²) < 4.78 is 13.5. The van der Waals surface area contributed by atoms with E-state index in [9.17, 15) is 4.79 Å². The maximum atomic E-state index is 13.6. The van der Waals surface area contributed by atoms with Crippen LogP contribution in [0.25, 0.3) is 0 Å². The molecular formula is C34H41N2O3+. The van der Waals surface area contributed by atoms with Crippen LogP contribution in [0.4, 0.5) is 0 Å². The van der Waals surface area contributed by atoms with E-state index in [1.165, 1.54) is 62.0 Å². The van der Waals surface area contributed by atoms with Crippen LogP contribution in [0, 0.1) is 19.8 Å². The van der Waals surface area contributed by atoms with E-state index in [2.05, 4.69) is 49.5 Å². The van der Waals surface area contributed by atoms with Gasteiger partial charge in [0.1, 0.15) is 17.2 Å². The molecule has 0 aromatic heterocycles. The molecule has 3 saturated heterocycles. The third-order valence-electron chi connectivity index (χ3n) is 9.26. The zero-order valence-corrected chi connectivity index (χ0v) is 23.4. The molecular weight excluding hydrogens is 484 g/mol. The minimum absolute atomic E-state index is 0.00628. The number of piperidine rings is 3. The molecule has 3 aromatic rings. The van der Waals surface area contributed by atoms with Crippen molar-refractivity contribution in [3.8, 4) is 17.2 Å². The van der Waals surface area contributed by atoms with Gasteiger partial charge in [-0.2, -0.15) is 0 Å². The Labute approximate surface area is 232 Å². The van der Waals surface area contributed by atoms with Crippen LogP contribution in [-0.2, 0) is 6.42 Å². The van der Waals surface area contributed by atoms with E-state index in [0.717, 1.165) is 53.3 Å². The molecule has 0 radical (unpaired) electrons. The Balaban J connectivity index is 1.03. The molecule has 0 aliphatic carbocycles. The standard InChI is InChI=1S/C34H40N2O3/c1-24-10-8-11-25(2)32(24)38-21-7-3-6-18-36-19-16-26(17-20-36)30(23-36)35-34(37)29-14-9-13-28-22-27-12-4-5-15-31(27)39-33(28)29/h4-5,8-15,26,30H,3,6-7,16-23H2,1-2H3/p+1/t26?,30-,36?/m1/s1. The van der Waals surface area contributed by atoms with Gasteiger partial charge in [0.15, 0.2) is 0 Å². The molecule has 4 heterocycles. The van der Waals surface area contributed by atoms with Crippen molar-refractivity contribution < 1.29 is 18.8 Å². The highest BCUT2D eigenvalue weighted by Crippen LogP contribution is 2.39. The number of nitrogens with one attached hydrogen (secondary N) is 1. The molecule has 3 fully saturated rings. The normalized spacial score (nSPS) is 22.9. The number of hydrogen-bond donors (Lipinski definition) is 1. The van der Waals surface area contributed by atoms with Crippen molar-refractivity contribution in [2.45, 2.75) is 58.4 Å². The van der Waals surface area contributed by atoms with E-state index in [4.69, 9.17) is 9.47 Å². The van der Waals surface area contributed by atoms with Gasteiger partial charge in [0.2, 0.25) is 0 Å². The van der Waals surface area contributed by atoms with E-state index < -0.39 is 0 Å². The Morgan fingerprint density at radius 3 is 2.49 bits per heavy atom. The molecule has 2 bridgehead atoms. The number of rotatable bonds is 9. The first-order valence-corrected chi connectivity index (χ1v) is 14.7. The van der Waals surface area contributed by atoms with Gasteiger partial charge < -0.3 is 19.3 Å². The summed E-state index contributed by atoms with van der Waals surface area (Å²) in [4.78, 5) is 13.6. The smallest absolute Gasteiger partial charge is 0.255 e. The number of carbonyl (C=O) groups excluding carboxylic acids is 1. The maximum absolute atomic E-state index is 13.6. The van der Waals surface area contributed by atoms with E-state index in [1.807, 2.05) is 30.3 Å². The fourth-order valence-electron chi connectivity index (χ4n) is 7.03. The number of aryl methyl sites for hydroxylation is 2. The lowest BCUT2D eigenvalue weighted by molar-refractivity contribution is -0.944. The molecule has 0 unspecified atom stereocenters. The van der Waals surface area contributed by atoms with Gasteiger partial charge in [0, 0.05) is 24.8 Å². The molecule has 1 atom stereocenters. The van der Waals surface area contributed by atoms with Crippen LogP contribution in [0.15, 0.2) is 60.7 Å². The second-order valence-corrected chi connectivity index (χ2v) is 11.9. The summed E-state index contributed by atoms with van der Waals surface area (Å²) in [5, 5.41) is 3.45. The zero-order valence-electron chi connectivity index (χ0n) is 23.4. The molecule has 3 aromatic carbocycles. The number of unbranched alkanes of at least 4 members (excludes halogenated alkanes) is 2. The minimum Gasteiger partial charge on any atom is -0.493 e. The highest BCUT2D eigenvalue weighted by molar-refractivity contribution is 5.98. The molecule has 204 valence electrons. The summed E-state index contributed by atoms with van der Waals surface area (Å²) in [5.41, 5.74) is 5.34.